The van der Waals surface area contributed by atoms with E-state index in [-0.39, 0.29) is 23.8 Å². The molecule has 0 saturated carbocycles. The van der Waals surface area contributed by atoms with Gasteiger partial charge >= 0.3 is 0 Å². The number of thioether (sulfide) groups is 1. The minimum absolute atomic E-state index is 0.00556. The molecule has 0 rings (SSSR count). The largest absolute Gasteiger partial charge is 0.394 e. The first-order valence-corrected chi connectivity index (χ1v) is 6.10. The average molecular weight is 219 g/mol. The van der Waals surface area contributed by atoms with E-state index in [1.807, 2.05) is 20.8 Å². The van der Waals surface area contributed by atoms with Crippen molar-refractivity contribution in [2.24, 2.45) is 5.92 Å². The fraction of sp³-hybridized carbons (Fsp3) is 0.900. The van der Waals surface area contributed by atoms with Crippen LogP contribution in [0.2, 0.25) is 0 Å². The van der Waals surface area contributed by atoms with Crippen LogP contribution in [0, 0.1) is 5.92 Å². The SMILES string of the molecule is CCSC(C(=O)NC(C)CO)C(C)C. The second kappa shape index (κ2) is 7.12. The van der Waals surface area contributed by atoms with E-state index in [0.717, 1.165) is 5.75 Å². The van der Waals surface area contributed by atoms with Crippen molar-refractivity contribution >= 4 is 17.7 Å². The lowest BCUT2D eigenvalue weighted by Crippen LogP contribution is -2.42. The molecule has 0 aromatic heterocycles. The number of aliphatic hydroxyl groups is 1. The van der Waals surface area contributed by atoms with Crippen molar-refractivity contribution in [1.29, 1.82) is 0 Å². The van der Waals surface area contributed by atoms with E-state index in [4.69, 9.17) is 5.11 Å². The standard InChI is InChI=1S/C10H21NO2S/c1-5-14-9(7(2)3)10(13)11-8(4)6-12/h7-9,12H,5-6H2,1-4H3,(H,11,13). The van der Waals surface area contributed by atoms with Gasteiger partial charge in [0.2, 0.25) is 5.91 Å². The lowest BCUT2D eigenvalue weighted by Gasteiger charge is -2.21. The number of rotatable bonds is 6. The minimum atomic E-state index is -0.152. The Morgan fingerprint density at radius 3 is 2.36 bits per heavy atom. The van der Waals surface area contributed by atoms with E-state index in [2.05, 4.69) is 5.32 Å². The second-order valence-electron chi connectivity index (χ2n) is 3.71. The molecule has 2 N–H and O–H groups in total. The first-order chi connectivity index (χ1) is 6.52. The van der Waals surface area contributed by atoms with Gasteiger partial charge in [-0.25, -0.2) is 0 Å². The summed E-state index contributed by atoms with van der Waals surface area (Å²) in [6.07, 6.45) is 0. The Balaban J connectivity index is 4.15. The summed E-state index contributed by atoms with van der Waals surface area (Å²) in [4.78, 5) is 11.7. The summed E-state index contributed by atoms with van der Waals surface area (Å²) >= 11 is 1.65. The number of nitrogens with one attached hydrogen (secondary N) is 1. The Labute approximate surface area is 90.7 Å². The first-order valence-electron chi connectivity index (χ1n) is 5.05. The van der Waals surface area contributed by atoms with Crippen LogP contribution in [0.15, 0.2) is 0 Å². The van der Waals surface area contributed by atoms with Crippen molar-refractivity contribution in [2.75, 3.05) is 12.4 Å². The van der Waals surface area contributed by atoms with Crippen molar-refractivity contribution in [3.63, 3.8) is 0 Å². The maximum Gasteiger partial charge on any atom is 0.233 e. The van der Waals surface area contributed by atoms with Gasteiger partial charge in [0.1, 0.15) is 0 Å². The van der Waals surface area contributed by atoms with Gasteiger partial charge in [0.25, 0.3) is 0 Å². The summed E-state index contributed by atoms with van der Waals surface area (Å²) in [6, 6.07) is -0.152. The van der Waals surface area contributed by atoms with Crippen molar-refractivity contribution < 1.29 is 9.90 Å². The quantitative estimate of drug-likeness (QED) is 0.707. The summed E-state index contributed by atoms with van der Waals surface area (Å²) in [7, 11) is 0. The molecule has 1 amide bonds. The highest BCUT2D eigenvalue weighted by molar-refractivity contribution is 8.00. The van der Waals surface area contributed by atoms with Crippen LogP contribution in [-0.2, 0) is 4.79 Å². The van der Waals surface area contributed by atoms with Gasteiger partial charge in [-0.2, -0.15) is 0 Å². The first kappa shape index (κ1) is 13.8. The minimum Gasteiger partial charge on any atom is -0.394 e. The van der Waals surface area contributed by atoms with E-state index in [1.165, 1.54) is 0 Å². The Morgan fingerprint density at radius 1 is 1.43 bits per heavy atom. The monoisotopic (exact) mass is 219 g/mol. The van der Waals surface area contributed by atoms with Gasteiger partial charge in [-0.05, 0) is 18.6 Å². The fourth-order valence-corrected chi connectivity index (χ4v) is 2.08. The molecule has 0 aliphatic rings. The third kappa shape index (κ3) is 4.86. The number of carbonyl (C=O) groups excluding carboxylic acids is 1. The van der Waals surface area contributed by atoms with Gasteiger partial charge in [0.05, 0.1) is 11.9 Å². The Bertz CT molecular complexity index is 174. The molecule has 0 bridgehead atoms. The molecule has 0 aromatic rings. The fourth-order valence-electron chi connectivity index (χ4n) is 1.12. The van der Waals surface area contributed by atoms with Crippen molar-refractivity contribution in [3.8, 4) is 0 Å². The van der Waals surface area contributed by atoms with Crippen LogP contribution in [0.3, 0.4) is 0 Å². The predicted molar refractivity (Wildman–Crippen MR) is 61.4 cm³/mol. The molecule has 14 heavy (non-hydrogen) atoms. The molecule has 0 heterocycles. The smallest absolute Gasteiger partial charge is 0.233 e. The average Bonchev–Trinajstić information content (AvgIpc) is 2.13. The van der Waals surface area contributed by atoms with Gasteiger partial charge in [0, 0.05) is 6.04 Å². The molecule has 2 atom stereocenters. The lowest BCUT2D eigenvalue weighted by molar-refractivity contribution is -0.122. The van der Waals surface area contributed by atoms with Gasteiger partial charge in [-0.1, -0.05) is 20.8 Å². The third-order valence-electron chi connectivity index (χ3n) is 1.87. The molecule has 0 spiro atoms. The van der Waals surface area contributed by atoms with Crippen LogP contribution in [-0.4, -0.2) is 34.7 Å². The number of hydrogen-bond donors (Lipinski definition) is 2. The third-order valence-corrected chi connectivity index (χ3v) is 3.32. The molecule has 84 valence electrons. The van der Waals surface area contributed by atoms with Crippen molar-refractivity contribution in [1.82, 2.24) is 5.32 Å². The molecule has 0 aliphatic carbocycles. The van der Waals surface area contributed by atoms with Crippen molar-refractivity contribution in [2.45, 2.75) is 39.0 Å². The molecular weight excluding hydrogens is 198 g/mol. The highest BCUT2D eigenvalue weighted by atomic mass is 32.2. The Kier molecular flexibility index (Phi) is 7.01. The number of amides is 1. The molecular formula is C10H21NO2S. The molecule has 0 aliphatic heterocycles. The van der Waals surface area contributed by atoms with Gasteiger partial charge in [-0.15, -0.1) is 11.8 Å². The zero-order chi connectivity index (χ0) is 11.1. The van der Waals surface area contributed by atoms with Gasteiger partial charge < -0.3 is 10.4 Å². The topological polar surface area (TPSA) is 49.3 Å². The molecule has 4 heteroatoms. The van der Waals surface area contributed by atoms with E-state index < -0.39 is 0 Å². The maximum absolute atomic E-state index is 11.7. The van der Waals surface area contributed by atoms with Crippen LogP contribution in [0.1, 0.15) is 27.7 Å². The normalized spacial score (nSPS) is 15.3. The molecule has 0 fully saturated rings. The highest BCUT2D eigenvalue weighted by Crippen LogP contribution is 2.19. The Hall–Kier alpha value is -0.220. The zero-order valence-corrected chi connectivity index (χ0v) is 10.2. The summed E-state index contributed by atoms with van der Waals surface area (Å²) in [5.74, 6) is 1.29. The number of hydrogen-bond acceptors (Lipinski definition) is 3. The highest BCUT2D eigenvalue weighted by Gasteiger charge is 2.22. The number of carbonyl (C=O) groups is 1. The van der Waals surface area contributed by atoms with Crippen molar-refractivity contribution in [3.05, 3.63) is 0 Å². The van der Waals surface area contributed by atoms with Crippen LogP contribution in [0.4, 0.5) is 0 Å². The van der Waals surface area contributed by atoms with E-state index in [1.54, 1.807) is 18.7 Å². The molecule has 0 radical (unpaired) electrons. The summed E-state index contributed by atoms with van der Waals surface area (Å²) in [6.45, 7) is 7.91. The molecule has 3 nitrogen and oxygen atoms in total. The molecule has 0 aromatic carbocycles. The summed E-state index contributed by atoms with van der Waals surface area (Å²) in [5.41, 5.74) is 0. The summed E-state index contributed by atoms with van der Waals surface area (Å²) < 4.78 is 0. The van der Waals surface area contributed by atoms with Crippen LogP contribution >= 0.6 is 11.8 Å². The van der Waals surface area contributed by atoms with Crippen LogP contribution in [0.25, 0.3) is 0 Å². The molecule has 2 unspecified atom stereocenters. The van der Waals surface area contributed by atoms with Gasteiger partial charge in [-0.3, -0.25) is 4.79 Å². The van der Waals surface area contributed by atoms with E-state index in [9.17, 15) is 4.79 Å². The second-order valence-corrected chi connectivity index (χ2v) is 5.13. The van der Waals surface area contributed by atoms with Crippen LogP contribution in [0.5, 0.6) is 0 Å². The molecule has 0 saturated heterocycles. The van der Waals surface area contributed by atoms with E-state index >= 15 is 0 Å². The predicted octanol–water partition coefficient (Wildman–Crippen LogP) is 1.26. The van der Waals surface area contributed by atoms with Crippen LogP contribution < -0.4 is 5.32 Å². The number of aliphatic hydroxyl groups excluding tert-OH is 1. The maximum atomic E-state index is 11.7. The zero-order valence-electron chi connectivity index (χ0n) is 9.41. The van der Waals surface area contributed by atoms with Gasteiger partial charge in [0.15, 0.2) is 0 Å². The van der Waals surface area contributed by atoms with E-state index in [0.29, 0.717) is 5.92 Å². The Morgan fingerprint density at radius 2 is 2.00 bits per heavy atom. The lowest BCUT2D eigenvalue weighted by atomic mass is 10.1. The summed E-state index contributed by atoms with van der Waals surface area (Å²) in [5, 5.41) is 11.6.